The van der Waals surface area contributed by atoms with Gasteiger partial charge in [0.1, 0.15) is 5.52 Å². The molecular weight excluding hydrogens is 210 g/mol. The molecule has 2 aromatic rings. The lowest BCUT2D eigenvalue weighted by atomic mass is 10.3. The minimum atomic E-state index is -0.554. The van der Waals surface area contributed by atoms with Crippen molar-refractivity contribution in [1.29, 1.82) is 0 Å². The Morgan fingerprint density at radius 1 is 1.56 bits per heavy atom. The maximum absolute atomic E-state index is 11.4. The van der Waals surface area contributed by atoms with E-state index in [0.29, 0.717) is 16.7 Å². The number of hydrogen-bond donors (Lipinski definition) is 1. The molecule has 0 spiro atoms. The molecule has 2 rings (SSSR count). The van der Waals surface area contributed by atoms with Crippen LogP contribution in [-0.2, 0) is 4.74 Å². The van der Waals surface area contributed by atoms with Crippen LogP contribution in [0.15, 0.2) is 16.8 Å². The van der Waals surface area contributed by atoms with E-state index in [1.54, 1.807) is 26.0 Å². The predicted molar refractivity (Wildman–Crippen MR) is 55.9 cm³/mol. The molecule has 0 aliphatic carbocycles. The van der Waals surface area contributed by atoms with E-state index >= 15 is 0 Å². The van der Waals surface area contributed by atoms with Gasteiger partial charge < -0.3 is 4.74 Å². The van der Waals surface area contributed by atoms with Gasteiger partial charge >= 0.3 is 6.09 Å². The van der Waals surface area contributed by atoms with Crippen LogP contribution in [0, 0.1) is 6.07 Å². The maximum atomic E-state index is 11.4. The van der Waals surface area contributed by atoms with Crippen LogP contribution in [0.4, 0.5) is 10.5 Å². The Morgan fingerprint density at radius 2 is 2.38 bits per heavy atom. The van der Waals surface area contributed by atoms with Crippen LogP contribution < -0.4 is 5.32 Å². The van der Waals surface area contributed by atoms with E-state index in [-0.39, 0.29) is 6.10 Å². The van der Waals surface area contributed by atoms with Crippen LogP contribution in [0.2, 0.25) is 0 Å². The fourth-order valence-corrected chi connectivity index (χ4v) is 1.19. The van der Waals surface area contributed by atoms with Crippen LogP contribution in [0.5, 0.6) is 0 Å². The average molecular weight is 220 g/mol. The second kappa shape index (κ2) is 4.18. The van der Waals surface area contributed by atoms with Crippen molar-refractivity contribution in [2.24, 2.45) is 0 Å². The third kappa shape index (κ3) is 2.10. The van der Waals surface area contributed by atoms with Crippen molar-refractivity contribution in [2.45, 2.75) is 20.0 Å². The summed E-state index contributed by atoms with van der Waals surface area (Å²) in [7, 11) is 0. The van der Waals surface area contributed by atoms with Gasteiger partial charge in [0, 0.05) is 6.07 Å². The average Bonchev–Trinajstić information content (AvgIpc) is 2.65. The van der Waals surface area contributed by atoms with Gasteiger partial charge in [0.25, 0.3) is 0 Å². The summed E-state index contributed by atoms with van der Waals surface area (Å²) in [6, 6.07) is 6.14. The number of nitrogens with one attached hydrogen (secondary N) is 1. The van der Waals surface area contributed by atoms with E-state index in [9.17, 15) is 4.79 Å². The smallest absolute Gasteiger partial charge is 0.411 e. The molecule has 0 unspecified atom stereocenters. The monoisotopic (exact) mass is 220 g/mol. The SMILES string of the molecule is CC(C)OC(=O)Nc1[c]ccc2nonc12. The van der Waals surface area contributed by atoms with Crippen LogP contribution in [-0.4, -0.2) is 22.5 Å². The van der Waals surface area contributed by atoms with Crippen molar-refractivity contribution in [2.75, 3.05) is 5.32 Å². The Morgan fingerprint density at radius 3 is 3.12 bits per heavy atom. The van der Waals surface area contributed by atoms with Gasteiger partial charge in [-0.25, -0.2) is 9.42 Å². The molecule has 1 N–H and O–H groups in total. The quantitative estimate of drug-likeness (QED) is 0.837. The molecule has 1 radical (unpaired) electrons. The van der Waals surface area contributed by atoms with Gasteiger partial charge in [-0.05, 0) is 36.3 Å². The molecule has 1 aromatic carbocycles. The molecule has 6 nitrogen and oxygen atoms in total. The van der Waals surface area contributed by atoms with Crippen LogP contribution in [0.1, 0.15) is 13.8 Å². The number of hydrogen-bond acceptors (Lipinski definition) is 5. The van der Waals surface area contributed by atoms with E-state index in [2.05, 4.69) is 26.3 Å². The Kier molecular flexibility index (Phi) is 2.72. The third-order valence-corrected chi connectivity index (χ3v) is 1.79. The van der Waals surface area contributed by atoms with E-state index < -0.39 is 6.09 Å². The maximum Gasteiger partial charge on any atom is 0.411 e. The van der Waals surface area contributed by atoms with E-state index in [1.807, 2.05) is 0 Å². The lowest BCUT2D eigenvalue weighted by molar-refractivity contribution is 0.130. The van der Waals surface area contributed by atoms with Gasteiger partial charge in [-0.15, -0.1) is 0 Å². The van der Waals surface area contributed by atoms with Gasteiger partial charge in [-0.1, -0.05) is 0 Å². The van der Waals surface area contributed by atoms with Gasteiger partial charge in [0.2, 0.25) is 0 Å². The molecule has 0 bridgehead atoms. The first-order valence-corrected chi connectivity index (χ1v) is 4.77. The first-order chi connectivity index (χ1) is 7.66. The fraction of sp³-hybridized carbons (Fsp3) is 0.300. The minimum absolute atomic E-state index is 0.186. The fourth-order valence-electron chi connectivity index (χ4n) is 1.19. The summed E-state index contributed by atoms with van der Waals surface area (Å²) >= 11 is 0. The zero-order valence-electron chi connectivity index (χ0n) is 8.85. The van der Waals surface area contributed by atoms with Crippen molar-refractivity contribution in [3.8, 4) is 0 Å². The van der Waals surface area contributed by atoms with Crippen molar-refractivity contribution >= 4 is 22.8 Å². The van der Waals surface area contributed by atoms with Crippen molar-refractivity contribution in [1.82, 2.24) is 10.3 Å². The lowest BCUT2D eigenvalue weighted by Crippen LogP contribution is -2.18. The molecule has 1 heterocycles. The highest BCUT2D eigenvalue weighted by atomic mass is 16.6. The zero-order valence-corrected chi connectivity index (χ0v) is 8.85. The summed E-state index contributed by atoms with van der Waals surface area (Å²) in [6.45, 7) is 3.53. The summed E-state index contributed by atoms with van der Waals surface area (Å²) < 4.78 is 9.49. The number of benzene rings is 1. The van der Waals surface area contributed by atoms with Crippen molar-refractivity contribution < 1.29 is 14.2 Å². The molecule has 1 amide bonds. The van der Waals surface area contributed by atoms with Gasteiger partial charge in [-0.2, -0.15) is 0 Å². The number of carbonyl (C=O) groups is 1. The lowest BCUT2D eigenvalue weighted by Gasteiger charge is -2.08. The molecule has 0 aliphatic heterocycles. The molecule has 0 aliphatic rings. The number of carbonyl (C=O) groups excluding carboxylic acids is 1. The van der Waals surface area contributed by atoms with E-state index in [1.165, 1.54) is 0 Å². The Labute approximate surface area is 91.5 Å². The number of rotatable bonds is 2. The van der Waals surface area contributed by atoms with Gasteiger partial charge in [0.05, 0.1) is 11.8 Å². The number of nitrogens with zero attached hydrogens (tertiary/aromatic N) is 2. The van der Waals surface area contributed by atoms with Crippen LogP contribution in [0.25, 0.3) is 11.0 Å². The Hall–Kier alpha value is -2.11. The highest BCUT2D eigenvalue weighted by Gasteiger charge is 2.11. The molecule has 1 aromatic heterocycles. The number of aromatic nitrogens is 2. The number of amides is 1. The normalized spacial score (nSPS) is 10.7. The number of fused-ring (bicyclic) bond motifs is 1. The third-order valence-electron chi connectivity index (χ3n) is 1.79. The molecule has 0 fully saturated rings. The Bertz CT molecular complexity index is 507. The summed E-state index contributed by atoms with van der Waals surface area (Å²) in [6.07, 6.45) is -0.739. The first-order valence-electron chi connectivity index (χ1n) is 4.77. The minimum Gasteiger partial charge on any atom is -0.447 e. The molecular formula is C10H10N3O3. The van der Waals surface area contributed by atoms with Crippen LogP contribution in [0.3, 0.4) is 0 Å². The van der Waals surface area contributed by atoms with Crippen molar-refractivity contribution in [3.05, 3.63) is 18.2 Å². The second-order valence-corrected chi connectivity index (χ2v) is 3.43. The topological polar surface area (TPSA) is 77.2 Å². The Balaban J connectivity index is 2.20. The van der Waals surface area contributed by atoms with Gasteiger partial charge in [0.15, 0.2) is 5.52 Å². The summed E-state index contributed by atoms with van der Waals surface area (Å²) in [5.74, 6) is 0. The largest absolute Gasteiger partial charge is 0.447 e. The zero-order chi connectivity index (χ0) is 11.5. The summed E-state index contributed by atoms with van der Waals surface area (Å²) in [4.78, 5) is 11.4. The summed E-state index contributed by atoms with van der Waals surface area (Å²) in [5, 5.41) is 9.84. The summed E-state index contributed by atoms with van der Waals surface area (Å²) in [5.41, 5.74) is 1.39. The van der Waals surface area contributed by atoms with E-state index in [4.69, 9.17) is 4.74 Å². The highest BCUT2D eigenvalue weighted by molar-refractivity contribution is 5.95. The molecule has 16 heavy (non-hydrogen) atoms. The van der Waals surface area contributed by atoms with Gasteiger partial charge in [-0.3, -0.25) is 5.32 Å². The molecule has 0 saturated heterocycles. The van der Waals surface area contributed by atoms with Crippen LogP contribution >= 0.6 is 0 Å². The second-order valence-electron chi connectivity index (χ2n) is 3.43. The molecule has 0 atom stereocenters. The molecule has 83 valence electrons. The molecule has 6 heteroatoms. The predicted octanol–water partition coefficient (Wildman–Crippen LogP) is 1.98. The standard InChI is InChI=1S/C10H10N3O3/c1-6(2)15-10(14)11-7-4-3-5-8-9(7)13-16-12-8/h3,5-6H,1-2H3,(H,11,14). The first kappa shape index (κ1) is 10.4. The van der Waals surface area contributed by atoms with Crippen molar-refractivity contribution in [3.63, 3.8) is 0 Å². The van der Waals surface area contributed by atoms with E-state index in [0.717, 1.165) is 0 Å². The number of anilines is 1. The number of ether oxygens (including phenoxy) is 1. The molecule has 0 saturated carbocycles. The highest BCUT2D eigenvalue weighted by Crippen LogP contribution is 2.19.